The Bertz CT molecular complexity index is 435. The van der Waals surface area contributed by atoms with Gasteiger partial charge in [-0.05, 0) is 20.9 Å². The number of aliphatic hydroxyl groups excluding tert-OH is 1. The fraction of sp³-hybridized carbons (Fsp3) is 0.538. The number of likely N-dealkylation sites (N-methyl/N-ethyl adjacent to an activating group) is 1. The van der Waals surface area contributed by atoms with Gasteiger partial charge in [0, 0.05) is 23.2 Å². The van der Waals surface area contributed by atoms with Crippen molar-refractivity contribution >= 4 is 0 Å². The zero-order chi connectivity index (χ0) is 13.9. The first-order chi connectivity index (χ1) is 8.49. The Labute approximate surface area is 107 Å². The summed E-state index contributed by atoms with van der Waals surface area (Å²) in [5.74, 6) is 0.0688. The smallest absolute Gasteiger partial charge is 0.171 e. The van der Waals surface area contributed by atoms with Crippen LogP contribution in [0.4, 0.5) is 4.39 Å². The number of halogens is 1. The molecule has 1 atom stereocenters. The monoisotopic (exact) mass is 257 g/mol. The van der Waals surface area contributed by atoms with E-state index >= 15 is 0 Å². The van der Waals surface area contributed by atoms with Crippen LogP contribution >= 0.6 is 0 Å². The first kappa shape index (κ1) is 14.7. The number of hydrogen-bond acceptors (Lipinski definition) is 4. The van der Waals surface area contributed by atoms with E-state index in [4.69, 9.17) is 9.47 Å². The minimum atomic E-state index is -0.779. The Balaban J connectivity index is 3.51. The number of ether oxygens (including phenoxy) is 2. The summed E-state index contributed by atoms with van der Waals surface area (Å²) in [6.45, 7) is 3.66. The van der Waals surface area contributed by atoms with Crippen molar-refractivity contribution in [2.45, 2.75) is 20.0 Å². The Morgan fingerprint density at radius 1 is 1.17 bits per heavy atom. The lowest BCUT2D eigenvalue weighted by atomic mass is 9.97. The van der Waals surface area contributed by atoms with Crippen LogP contribution in [0.3, 0.4) is 0 Å². The predicted molar refractivity (Wildman–Crippen MR) is 67.9 cm³/mol. The second-order valence-electron chi connectivity index (χ2n) is 4.12. The molecule has 0 aliphatic carbocycles. The third-order valence-electron chi connectivity index (χ3n) is 3.00. The van der Waals surface area contributed by atoms with Crippen molar-refractivity contribution in [3.8, 4) is 11.5 Å². The van der Waals surface area contributed by atoms with E-state index in [1.807, 2.05) is 0 Å². The van der Waals surface area contributed by atoms with Crippen LogP contribution in [-0.4, -0.2) is 32.9 Å². The van der Waals surface area contributed by atoms with Crippen LogP contribution in [0.25, 0.3) is 0 Å². The molecule has 1 rings (SSSR count). The molecule has 2 N–H and O–H groups in total. The normalized spacial score (nSPS) is 12.4. The van der Waals surface area contributed by atoms with Gasteiger partial charge in [0.05, 0.1) is 20.3 Å². The summed E-state index contributed by atoms with van der Waals surface area (Å²) >= 11 is 0. The summed E-state index contributed by atoms with van der Waals surface area (Å²) in [6.07, 6.45) is -0.779. The fourth-order valence-corrected chi connectivity index (χ4v) is 2.13. The molecule has 1 aromatic rings. The maximum Gasteiger partial charge on any atom is 0.171 e. The molecule has 0 bridgehead atoms. The average Bonchev–Trinajstić information content (AvgIpc) is 2.34. The van der Waals surface area contributed by atoms with Crippen LogP contribution < -0.4 is 14.8 Å². The Morgan fingerprint density at radius 3 is 2.17 bits per heavy atom. The van der Waals surface area contributed by atoms with E-state index in [0.717, 1.165) is 0 Å². The molecule has 4 nitrogen and oxygen atoms in total. The molecule has 0 heterocycles. The van der Waals surface area contributed by atoms with Gasteiger partial charge in [-0.25, -0.2) is 4.39 Å². The first-order valence-corrected chi connectivity index (χ1v) is 5.72. The van der Waals surface area contributed by atoms with Crippen molar-refractivity contribution < 1.29 is 19.0 Å². The summed E-state index contributed by atoms with van der Waals surface area (Å²) in [5.41, 5.74) is 1.45. The highest BCUT2D eigenvalue weighted by Gasteiger charge is 2.25. The van der Waals surface area contributed by atoms with Crippen molar-refractivity contribution in [2.24, 2.45) is 0 Å². The first-order valence-electron chi connectivity index (χ1n) is 5.72. The highest BCUT2D eigenvalue weighted by molar-refractivity contribution is 5.55. The molecule has 1 aromatic carbocycles. The Hall–Kier alpha value is -1.33. The molecule has 0 aliphatic rings. The number of rotatable bonds is 5. The molecule has 5 heteroatoms. The van der Waals surface area contributed by atoms with Gasteiger partial charge in [0.15, 0.2) is 11.6 Å². The lowest BCUT2D eigenvalue weighted by molar-refractivity contribution is 0.171. The maximum absolute atomic E-state index is 14.0. The number of hydrogen-bond donors (Lipinski definition) is 2. The van der Waals surface area contributed by atoms with E-state index in [-0.39, 0.29) is 5.75 Å². The fourth-order valence-electron chi connectivity index (χ4n) is 2.13. The molecule has 102 valence electrons. The summed E-state index contributed by atoms with van der Waals surface area (Å²) < 4.78 is 24.3. The van der Waals surface area contributed by atoms with Crippen LogP contribution in [-0.2, 0) is 0 Å². The van der Waals surface area contributed by atoms with Gasteiger partial charge in [-0.15, -0.1) is 0 Å². The second-order valence-corrected chi connectivity index (χ2v) is 4.12. The van der Waals surface area contributed by atoms with Crippen molar-refractivity contribution in [1.29, 1.82) is 0 Å². The lowest BCUT2D eigenvalue weighted by Crippen LogP contribution is -2.19. The number of nitrogens with one attached hydrogen (secondary N) is 1. The third kappa shape index (κ3) is 2.42. The molecular formula is C13H20FNO3. The molecule has 0 saturated heterocycles. The number of methoxy groups -OCH3 is 2. The van der Waals surface area contributed by atoms with Crippen molar-refractivity contribution in [1.82, 2.24) is 5.32 Å². The van der Waals surface area contributed by atoms with E-state index in [1.165, 1.54) is 14.2 Å². The van der Waals surface area contributed by atoms with Crippen molar-refractivity contribution in [3.63, 3.8) is 0 Å². The Kier molecular flexibility index (Phi) is 4.93. The van der Waals surface area contributed by atoms with Crippen LogP contribution in [0, 0.1) is 19.7 Å². The van der Waals surface area contributed by atoms with Crippen LogP contribution in [0.5, 0.6) is 11.5 Å². The SMILES string of the molecule is CNCC(O)c1c(C)c(OC)c(F)c(C)c1OC. The molecule has 0 fully saturated rings. The van der Waals surface area contributed by atoms with E-state index in [1.54, 1.807) is 20.9 Å². The highest BCUT2D eigenvalue weighted by Crippen LogP contribution is 2.39. The molecule has 1 unspecified atom stereocenters. The standard InChI is InChI=1S/C13H20FNO3/c1-7-10(9(16)6-15-3)12(17-4)8(2)11(14)13(7)18-5/h9,15-16H,6H2,1-5H3. The quantitative estimate of drug-likeness (QED) is 0.843. The molecule has 0 radical (unpaired) electrons. The topological polar surface area (TPSA) is 50.7 Å². The lowest BCUT2D eigenvalue weighted by Gasteiger charge is -2.22. The highest BCUT2D eigenvalue weighted by atomic mass is 19.1. The summed E-state index contributed by atoms with van der Waals surface area (Å²) in [7, 11) is 4.60. The number of aliphatic hydroxyl groups is 1. The molecule has 0 aliphatic heterocycles. The van der Waals surface area contributed by atoms with E-state index < -0.39 is 11.9 Å². The summed E-state index contributed by atoms with van der Waals surface area (Å²) in [5, 5.41) is 13.0. The van der Waals surface area contributed by atoms with Gasteiger partial charge in [0.25, 0.3) is 0 Å². The third-order valence-corrected chi connectivity index (χ3v) is 3.00. The zero-order valence-electron chi connectivity index (χ0n) is 11.4. The van der Waals surface area contributed by atoms with Gasteiger partial charge in [0.2, 0.25) is 0 Å². The maximum atomic E-state index is 14.0. The molecular weight excluding hydrogens is 237 g/mol. The molecule has 0 spiro atoms. The number of benzene rings is 1. The van der Waals surface area contributed by atoms with Gasteiger partial charge >= 0.3 is 0 Å². The minimum absolute atomic E-state index is 0.151. The average molecular weight is 257 g/mol. The van der Waals surface area contributed by atoms with Crippen LogP contribution in [0.2, 0.25) is 0 Å². The molecule has 0 saturated carbocycles. The second kappa shape index (κ2) is 6.02. The van der Waals surface area contributed by atoms with Crippen molar-refractivity contribution in [2.75, 3.05) is 27.8 Å². The van der Waals surface area contributed by atoms with E-state index in [2.05, 4.69) is 5.32 Å². The molecule has 0 aromatic heterocycles. The summed E-state index contributed by atoms with van der Waals surface area (Å²) in [6, 6.07) is 0. The van der Waals surface area contributed by atoms with Crippen LogP contribution in [0.1, 0.15) is 22.8 Å². The van der Waals surface area contributed by atoms with Crippen molar-refractivity contribution in [3.05, 3.63) is 22.5 Å². The Morgan fingerprint density at radius 2 is 1.72 bits per heavy atom. The predicted octanol–water partition coefficient (Wildman–Crippen LogP) is 1.71. The van der Waals surface area contributed by atoms with Gasteiger partial charge in [0.1, 0.15) is 5.75 Å². The van der Waals surface area contributed by atoms with Gasteiger partial charge < -0.3 is 19.9 Å². The molecule has 18 heavy (non-hydrogen) atoms. The van der Waals surface area contributed by atoms with Gasteiger partial charge in [-0.3, -0.25) is 0 Å². The largest absolute Gasteiger partial charge is 0.496 e. The van der Waals surface area contributed by atoms with Crippen LogP contribution in [0.15, 0.2) is 0 Å². The molecule has 0 amide bonds. The van der Waals surface area contributed by atoms with Gasteiger partial charge in [-0.1, -0.05) is 0 Å². The van der Waals surface area contributed by atoms with E-state index in [0.29, 0.717) is 29.0 Å². The van der Waals surface area contributed by atoms with Gasteiger partial charge in [-0.2, -0.15) is 0 Å². The van der Waals surface area contributed by atoms with E-state index in [9.17, 15) is 9.50 Å². The summed E-state index contributed by atoms with van der Waals surface area (Å²) in [4.78, 5) is 0. The zero-order valence-corrected chi connectivity index (χ0v) is 11.4. The minimum Gasteiger partial charge on any atom is -0.496 e.